The van der Waals surface area contributed by atoms with E-state index in [1.165, 1.54) is 0 Å². The van der Waals surface area contributed by atoms with Gasteiger partial charge in [-0.3, -0.25) is 9.59 Å². The number of halogens is 1. The molecule has 0 bridgehead atoms. The quantitative estimate of drug-likeness (QED) is 0.704. The minimum atomic E-state index is -1.26. The van der Waals surface area contributed by atoms with Crippen LogP contribution in [0.2, 0.25) is 5.02 Å². The van der Waals surface area contributed by atoms with Crippen molar-refractivity contribution in [1.29, 1.82) is 0 Å². The molecule has 108 valence electrons. The first-order valence-corrected chi connectivity index (χ1v) is 6.24. The highest BCUT2D eigenvalue weighted by atomic mass is 35.5. The first-order chi connectivity index (χ1) is 9.38. The van der Waals surface area contributed by atoms with Crippen LogP contribution in [0.5, 0.6) is 0 Å². The molecule has 0 saturated carbocycles. The van der Waals surface area contributed by atoms with Gasteiger partial charge in [0.25, 0.3) is 0 Å². The summed E-state index contributed by atoms with van der Waals surface area (Å²) in [4.78, 5) is 33.1. The van der Waals surface area contributed by atoms with Crippen LogP contribution < -0.4 is 5.32 Å². The fourth-order valence-corrected chi connectivity index (χ4v) is 1.82. The van der Waals surface area contributed by atoms with Gasteiger partial charge in [-0.25, -0.2) is 4.79 Å². The van der Waals surface area contributed by atoms with E-state index in [0.717, 1.165) is 0 Å². The van der Waals surface area contributed by atoms with Crippen molar-refractivity contribution >= 4 is 29.4 Å². The van der Waals surface area contributed by atoms with E-state index in [4.69, 9.17) is 21.8 Å². The highest BCUT2D eigenvalue weighted by Crippen LogP contribution is 2.11. The van der Waals surface area contributed by atoms with Gasteiger partial charge in [-0.15, -0.1) is 0 Å². The molecule has 1 aromatic rings. The van der Waals surface area contributed by atoms with Gasteiger partial charge in [-0.1, -0.05) is 23.7 Å². The Balaban J connectivity index is 2.57. The van der Waals surface area contributed by atoms with Crippen molar-refractivity contribution in [2.45, 2.75) is 25.3 Å². The highest BCUT2D eigenvalue weighted by Gasteiger charge is 2.20. The predicted octanol–water partition coefficient (Wildman–Crippen LogP) is 1.32. The number of carbonyl (C=O) groups excluding carboxylic acids is 1. The van der Waals surface area contributed by atoms with Crippen molar-refractivity contribution in [3.8, 4) is 0 Å². The molecule has 7 heteroatoms. The highest BCUT2D eigenvalue weighted by molar-refractivity contribution is 6.30. The van der Waals surface area contributed by atoms with E-state index in [2.05, 4.69) is 5.32 Å². The Bertz CT molecular complexity index is 517. The van der Waals surface area contributed by atoms with Gasteiger partial charge in [0, 0.05) is 11.4 Å². The van der Waals surface area contributed by atoms with Gasteiger partial charge in [0.2, 0.25) is 5.91 Å². The van der Waals surface area contributed by atoms with Crippen LogP contribution in [0, 0.1) is 0 Å². The fourth-order valence-electron chi connectivity index (χ4n) is 1.60. The summed E-state index contributed by atoms with van der Waals surface area (Å²) in [7, 11) is 0. The lowest BCUT2D eigenvalue weighted by Crippen LogP contribution is -2.41. The molecule has 6 nitrogen and oxygen atoms in total. The summed E-state index contributed by atoms with van der Waals surface area (Å²) in [6.45, 7) is 0. The molecular formula is C13H14ClNO5. The van der Waals surface area contributed by atoms with Crippen LogP contribution >= 0.6 is 11.6 Å². The maximum Gasteiger partial charge on any atom is 0.326 e. The zero-order chi connectivity index (χ0) is 15.1. The van der Waals surface area contributed by atoms with Crippen LogP contribution in [0.3, 0.4) is 0 Å². The van der Waals surface area contributed by atoms with E-state index >= 15 is 0 Å². The second-order valence-corrected chi connectivity index (χ2v) is 4.63. The van der Waals surface area contributed by atoms with Crippen LogP contribution in [0.4, 0.5) is 0 Å². The number of carbonyl (C=O) groups is 3. The van der Waals surface area contributed by atoms with Crippen LogP contribution in [-0.2, 0) is 20.8 Å². The topological polar surface area (TPSA) is 104 Å². The number of carboxylic acid groups (broad SMARTS) is 2. The lowest BCUT2D eigenvalue weighted by atomic mass is 10.1. The van der Waals surface area contributed by atoms with Crippen molar-refractivity contribution in [3.05, 3.63) is 34.9 Å². The second-order valence-electron chi connectivity index (χ2n) is 4.20. The number of benzene rings is 1. The van der Waals surface area contributed by atoms with Gasteiger partial charge in [-0.2, -0.15) is 0 Å². The molecule has 20 heavy (non-hydrogen) atoms. The molecule has 0 aromatic heterocycles. The first kappa shape index (κ1) is 16.0. The lowest BCUT2D eigenvalue weighted by Gasteiger charge is -2.13. The van der Waals surface area contributed by atoms with Crippen LogP contribution in [0.1, 0.15) is 18.4 Å². The standard InChI is InChI=1S/C13H14ClNO5/c14-9-3-1-2-8(6-9)7-11(16)15-10(13(19)20)4-5-12(17)18/h1-3,6,10H,4-5,7H2,(H,15,16)(H,17,18)(H,19,20)/t10-/m0/s1. The molecule has 1 atom stereocenters. The molecule has 1 amide bonds. The summed E-state index contributed by atoms with van der Waals surface area (Å²) in [6, 6.07) is 5.44. The van der Waals surface area contributed by atoms with Gasteiger partial charge in [0.15, 0.2) is 0 Å². The SMILES string of the molecule is O=C(O)CC[C@H](NC(=O)Cc1cccc(Cl)c1)C(=O)O. The molecule has 1 rings (SSSR count). The summed E-state index contributed by atoms with van der Waals surface area (Å²) in [5.41, 5.74) is 0.650. The zero-order valence-electron chi connectivity index (χ0n) is 10.5. The third kappa shape index (κ3) is 5.71. The van der Waals surface area contributed by atoms with E-state index in [9.17, 15) is 14.4 Å². The number of carboxylic acids is 2. The van der Waals surface area contributed by atoms with Gasteiger partial charge in [0.05, 0.1) is 6.42 Å². The van der Waals surface area contributed by atoms with Gasteiger partial charge in [0.1, 0.15) is 6.04 Å². The Morgan fingerprint density at radius 1 is 1.25 bits per heavy atom. The minimum Gasteiger partial charge on any atom is -0.481 e. The third-order valence-electron chi connectivity index (χ3n) is 2.53. The number of hydrogen-bond donors (Lipinski definition) is 3. The molecule has 0 saturated heterocycles. The molecule has 0 aliphatic rings. The van der Waals surface area contributed by atoms with E-state index in [-0.39, 0.29) is 19.3 Å². The maximum absolute atomic E-state index is 11.7. The number of aliphatic carboxylic acids is 2. The summed E-state index contributed by atoms with van der Waals surface area (Å²) < 4.78 is 0. The average molecular weight is 300 g/mol. The van der Waals surface area contributed by atoms with E-state index in [1.807, 2.05) is 0 Å². The fraction of sp³-hybridized carbons (Fsp3) is 0.308. The van der Waals surface area contributed by atoms with Gasteiger partial charge >= 0.3 is 11.9 Å². The molecule has 0 spiro atoms. The Kier molecular flexibility index (Phi) is 5.99. The third-order valence-corrected chi connectivity index (χ3v) is 2.77. The van der Waals surface area contributed by atoms with Crippen molar-refractivity contribution in [2.24, 2.45) is 0 Å². The predicted molar refractivity (Wildman–Crippen MR) is 71.6 cm³/mol. The largest absolute Gasteiger partial charge is 0.481 e. The Labute approximate surface area is 120 Å². The molecular weight excluding hydrogens is 286 g/mol. The van der Waals surface area contributed by atoms with E-state index in [1.54, 1.807) is 24.3 Å². The molecule has 0 aliphatic heterocycles. The van der Waals surface area contributed by atoms with E-state index < -0.39 is 23.9 Å². The molecule has 0 radical (unpaired) electrons. The summed E-state index contributed by atoms with van der Waals surface area (Å²) in [5, 5.41) is 20.2. The van der Waals surface area contributed by atoms with Gasteiger partial charge < -0.3 is 15.5 Å². The second kappa shape index (κ2) is 7.49. The summed E-state index contributed by atoms with van der Waals surface area (Å²) >= 11 is 5.78. The number of hydrogen-bond acceptors (Lipinski definition) is 3. The van der Waals surface area contributed by atoms with Crippen molar-refractivity contribution in [2.75, 3.05) is 0 Å². The van der Waals surface area contributed by atoms with Crippen LogP contribution in [0.15, 0.2) is 24.3 Å². The average Bonchev–Trinajstić information content (AvgIpc) is 2.33. The van der Waals surface area contributed by atoms with Crippen molar-refractivity contribution in [3.63, 3.8) is 0 Å². The molecule has 0 fully saturated rings. The zero-order valence-corrected chi connectivity index (χ0v) is 11.3. The lowest BCUT2D eigenvalue weighted by molar-refractivity contribution is -0.143. The van der Waals surface area contributed by atoms with Crippen LogP contribution in [0.25, 0.3) is 0 Å². The van der Waals surface area contributed by atoms with Gasteiger partial charge in [-0.05, 0) is 24.1 Å². The first-order valence-electron chi connectivity index (χ1n) is 5.87. The number of rotatable bonds is 7. The van der Waals surface area contributed by atoms with E-state index in [0.29, 0.717) is 10.6 Å². The molecule has 0 aliphatic carbocycles. The molecule has 3 N–H and O–H groups in total. The summed E-state index contributed by atoms with van der Waals surface area (Å²) in [5.74, 6) is -2.86. The minimum absolute atomic E-state index is 0.0165. The van der Waals surface area contributed by atoms with Crippen LogP contribution in [-0.4, -0.2) is 34.1 Å². The maximum atomic E-state index is 11.7. The van der Waals surface area contributed by atoms with Crippen molar-refractivity contribution < 1.29 is 24.6 Å². The smallest absolute Gasteiger partial charge is 0.326 e. The Morgan fingerprint density at radius 2 is 1.95 bits per heavy atom. The number of nitrogens with one attached hydrogen (secondary N) is 1. The Hall–Kier alpha value is -2.08. The normalized spacial score (nSPS) is 11.7. The number of amides is 1. The molecule has 0 heterocycles. The molecule has 1 aromatic carbocycles. The Morgan fingerprint density at radius 3 is 2.50 bits per heavy atom. The monoisotopic (exact) mass is 299 g/mol. The van der Waals surface area contributed by atoms with Crippen molar-refractivity contribution in [1.82, 2.24) is 5.32 Å². The molecule has 0 unspecified atom stereocenters. The summed E-state index contributed by atoms with van der Waals surface area (Å²) in [6.07, 6.45) is -0.502.